The fourth-order valence-electron chi connectivity index (χ4n) is 4.85. The first-order chi connectivity index (χ1) is 8.69. The predicted octanol–water partition coefficient (Wildman–Crippen LogP) is 1.29. The number of amides is 1. The van der Waals surface area contributed by atoms with Gasteiger partial charge in [0.05, 0.1) is 13.1 Å². The van der Waals surface area contributed by atoms with Crippen LogP contribution in [0.15, 0.2) is 0 Å². The molecule has 98 valence electrons. The summed E-state index contributed by atoms with van der Waals surface area (Å²) < 4.78 is 0. The highest BCUT2D eigenvalue weighted by atomic mass is 16.2. The van der Waals surface area contributed by atoms with Crippen molar-refractivity contribution in [2.45, 2.75) is 44.1 Å². The molecule has 0 saturated heterocycles. The van der Waals surface area contributed by atoms with Crippen molar-refractivity contribution in [2.75, 3.05) is 13.1 Å². The minimum absolute atomic E-state index is 0.118. The Morgan fingerprint density at radius 2 is 1.72 bits per heavy atom. The molecule has 18 heavy (non-hydrogen) atoms. The van der Waals surface area contributed by atoms with Crippen LogP contribution in [0.5, 0.6) is 0 Å². The lowest BCUT2D eigenvalue weighted by Crippen LogP contribution is -2.60. The van der Waals surface area contributed by atoms with Crippen molar-refractivity contribution in [3.05, 3.63) is 0 Å². The maximum atomic E-state index is 12.0. The standard InChI is InChI=1S/C15H22N2O/c1-2-3-16-10-14(18)17-15-7-11-4-12(8-15)6-13(5-11)9-15/h1,11-13,16H,3-10H2,(H,17,18). The fraction of sp³-hybridized carbons (Fsp3) is 0.800. The van der Waals surface area contributed by atoms with Gasteiger partial charge in [0.25, 0.3) is 0 Å². The molecule has 0 aromatic rings. The second-order valence-corrected chi connectivity index (χ2v) is 6.55. The number of nitrogens with one attached hydrogen (secondary N) is 2. The summed E-state index contributed by atoms with van der Waals surface area (Å²) in [5.41, 5.74) is 0.129. The number of hydrogen-bond acceptors (Lipinski definition) is 2. The zero-order chi connectivity index (χ0) is 12.6. The lowest BCUT2D eigenvalue weighted by atomic mass is 9.53. The Morgan fingerprint density at radius 3 is 2.22 bits per heavy atom. The minimum atomic E-state index is 0.118. The molecule has 4 bridgehead atoms. The smallest absolute Gasteiger partial charge is 0.234 e. The largest absolute Gasteiger partial charge is 0.350 e. The first kappa shape index (κ1) is 12.0. The van der Waals surface area contributed by atoms with Gasteiger partial charge in [-0.1, -0.05) is 5.92 Å². The van der Waals surface area contributed by atoms with Crippen LogP contribution >= 0.6 is 0 Å². The average molecular weight is 246 g/mol. The van der Waals surface area contributed by atoms with Crippen molar-refractivity contribution < 1.29 is 4.79 Å². The molecule has 0 heterocycles. The van der Waals surface area contributed by atoms with Crippen LogP contribution in [0.2, 0.25) is 0 Å². The summed E-state index contributed by atoms with van der Waals surface area (Å²) in [5, 5.41) is 6.28. The van der Waals surface area contributed by atoms with Crippen LogP contribution in [0.25, 0.3) is 0 Å². The highest BCUT2D eigenvalue weighted by Crippen LogP contribution is 2.55. The van der Waals surface area contributed by atoms with Gasteiger partial charge >= 0.3 is 0 Å². The first-order valence-electron chi connectivity index (χ1n) is 7.14. The topological polar surface area (TPSA) is 41.1 Å². The van der Waals surface area contributed by atoms with E-state index in [1.807, 2.05) is 0 Å². The molecule has 0 atom stereocenters. The van der Waals surface area contributed by atoms with E-state index in [0.717, 1.165) is 17.8 Å². The van der Waals surface area contributed by atoms with Gasteiger partial charge in [-0.25, -0.2) is 0 Å². The van der Waals surface area contributed by atoms with Crippen LogP contribution in [-0.4, -0.2) is 24.5 Å². The van der Waals surface area contributed by atoms with E-state index in [4.69, 9.17) is 6.42 Å². The number of hydrogen-bond donors (Lipinski definition) is 2. The van der Waals surface area contributed by atoms with Gasteiger partial charge in [-0.3, -0.25) is 10.1 Å². The Balaban J connectivity index is 1.59. The van der Waals surface area contributed by atoms with Crippen LogP contribution in [0.4, 0.5) is 0 Å². The molecule has 0 aromatic heterocycles. The highest BCUT2D eigenvalue weighted by molar-refractivity contribution is 5.79. The molecule has 4 aliphatic rings. The van der Waals surface area contributed by atoms with E-state index in [0.29, 0.717) is 13.1 Å². The summed E-state index contributed by atoms with van der Waals surface area (Å²) in [6.07, 6.45) is 13.0. The van der Waals surface area contributed by atoms with Crippen LogP contribution in [0.3, 0.4) is 0 Å². The van der Waals surface area contributed by atoms with Crippen LogP contribution in [0, 0.1) is 30.1 Å². The summed E-state index contributed by atoms with van der Waals surface area (Å²) in [5.74, 6) is 5.22. The third kappa shape index (κ3) is 2.27. The van der Waals surface area contributed by atoms with E-state index in [2.05, 4.69) is 16.6 Å². The third-order valence-electron chi connectivity index (χ3n) is 4.96. The summed E-state index contributed by atoms with van der Waals surface area (Å²) in [7, 11) is 0. The monoisotopic (exact) mass is 246 g/mol. The summed E-state index contributed by atoms with van der Waals surface area (Å²) in [6, 6.07) is 0. The first-order valence-corrected chi connectivity index (χ1v) is 7.14. The van der Waals surface area contributed by atoms with Gasteiger partial charge in [0, 0.05) is 5.54 Å². The third-order valence-corrected chi connectivity index (χ3v) is 4.96. The molecule has 0 aromatic carbocycles. The molecule has 0 radical (unpaired) electrons. The second-order valence-electron chi connectivity index (χ2n) is 6.55. The molecule has 4 fully saturated rings. The Labute approximate surface area is 109 Å². The van der Waals surface area contributed by atoms with E-state index < -0.39 is 0 Å². The maximum Gasteiger partial charge on any atom is 0.234 e. The molecule has 0 unspecified atom stereocenters. The van der Waals surface area contributed by atoms with Crippen molar-refractivity contribution >= 4 is 5.91 Å². The fourth-order valence-corrected chi connectivity index (χ4v) is 4.85. The van der Waals surface area contributed by atoms with Crippen molar-refractivity contribution in [1.82, 2.24) is 10.6 Å². The lowest BCUT2D eigenvalue weighted by Gasteiger charge is -2.56. The molecule has 4 aliphatic carbocycles. The molecule has 1 amide bonds. The lowest BCUT2D eigenvalue weighted by molar-refractivity contribution is -0.125. The van der Waals surface area contributed by atoms with Crippen LogP contribution < -0.4 is 10.6 Å². The molecule has 2 N–H and O–H groups in total. The Kier molecular flexibility index (Phi) is 3.07. The zero-order valence-electron chi connectivity index (χ0n) is 10.9. The number of carbonyl (C=O) groups is 1. The van der Waals surface area contributed by atoms with E-state index in [1.54, 1.807) is 0 Å². The zero-order valence-corrected chi connectivity index (χ0v) is 10.9. The van der Waals surface area contributed by atoms with Gasteiger partial charge in [-0.2, -0.15) is 0 Å². The summed E-state index contributed by atoms with van der Waals surface area (Å²) in [6.45, 7) is 0.820. The molecule has 3 heteroatoms. The molecule has 0 aliphatic heterocycles. The van der Waals surface area contributed by atoms with Gasteiger partial charge in [-0.05, 0) is 56.3 Å². The minimum Gasteiger partial charge on any atom is -0.350 e. The molecule has 0 spiro atoms. The Bertz CT molecular complexity index is 347. The molecular weight excluding hydrogens is 224 g/mol. The summed E-state index contributed by atoms with van der Waals surface area (Å²) >= 11 is 0. The van der Waals surface area contributed by atoms with E-state index >= 15 is 0 Å². The highest BCUT2D eigenvalue weighted by Gasteiger charge is 2.51. The van der Waals surface area contributed by atoms with Crippen LogP contribution in [-0.2, 0) is 4.79 Å². The molecule has 4 saturated carbocycles. The van der Waals surface area contributed by atoms with E-state index in [-0.39, 0.29) is 11.4 Å². The summed E-state index contributed by atoms with van der Waals surface area (Å²) in [4.78, 5) is 12.0. The van der Waals surface area contributed by atoms with Crippen molar-refractivity contribution in [3.8, 4) is 12.3 Å². The Hall–Kier alpha value is -1.01. The van der Waals surface area contributed by atoms with Gasteiger partial charge in [0.1, 0.15) is 0 Å². The van der Waals surface area contributed by atoms with Gasteiger partial charge < -0.3 is 5.32 Å². The SMILES string of the molecule is C#CCNCC(=O)NC12CC3CC(CC(C3)C1)C2. The second kappa shape index (κ2) is 4.59. The van der Waals surface area contributed by atoms with Crippen molar-refractivity contribution in [2.24, 2.45) is 17.8 Å². The van der Waals surface area contributed by atoms with E-state index in [9.17, 15) is 4.79 Å². The molecule has 3 nitrogen and oxygen atoms in total. The normalized spacial score (nSPS) is 40.5. The number of rotatable bonds is 4. The number of terminal acetylenes is 1. The van der Waals surface area contributed by atoms with Gasteiger partial charge in [0.2, 0.25) is 5.91 Å². The van der Waals surface area contributed by atoms with Gasteiger partial charge in [-0.15, -0.1) is 6.42 Å². The van der Waals surface area contributed by atoms with Crippen LogP contribution in [0.1, 0.15) is 38.5 Å². The van der Waals surface area contributed by atoms with E-state index in [1.165, 1.54) is 38.5 Å². The predicted molar refractivity (Wildman–Crippen MR) is 70.7 cm³/mol. The van der Waals surface area contributed by atoms with Gasteiger partial charge in [0.15, 0.2) is 0 Å². The van der Waals surface area contributed by atoms with Crippen molar-refractivity contribution in [3.63, 3.8) is 0 Å². The average Bonchev–Trinajstić information content (AvgIpc) is 2.26. The maximum absolute atomic E-state index is 12.0. The quantitative estimate of drug-likeness (QED) is 0.580. The van der Waals surface area contributed by atoms with Crippen molar-refractivity contribution in [1.29, 1.82) is 0 Å². The number of carbonyl (C=O) groups excluding carboxylic acids is 1. The molecule has 4 rings (SSSR count). The Morgan fingerprint density at radius 1 is 1.17 bits per heavy atom. The molecular formula is C15H22N2O.